The van der Waals surface area contributed by atoms with Crippen LogP contribution in [0, 0.1) is 22.2 Å². The highest BCUT2D eigenvalue weighted by molar-refractivity contribution is 5.99. The van der Waals surface area contributed by atoms with Gasteiger partial charge in [-0.1, -0.05) is 26.3 Å². The third kappa shape index (κ3) is 3.37. The zero-order valence-electron chi connectivity index (χ0n) is 23.1. The van der Waals surface area contributed by atoms with Crippen LogP contribution in [0.1, 0.15) is 52.9 Å². The monoisotopic (exact) mass is 557 g/mol. The molecule has 40 heavy (non-hydrogen) atoms. The molecule has 3 N–H and O–H groups in total. The second kappa shape index (κ2) is 8.94. The molecule has 3 saturated carbocycles. The van der Waals surface area contributed by atoms with Crippen LogP contribution in [-0.4, -0.2) is 59.2 Å². The van der Waals surface area contributed by atoms with Crippen LogP contribution in [0.5, 0.6) is 5.75 Å². The maximum absolute atomic E-state index is 17.7. The van der Waals surface area contributed by atoms with Gasteiger partial charge in [0, 0.05) is 16.5 Å². The lowest BCUT2D eigenvalue weighted by molar-refractivity contribution is -0.363. The van der Waals surface area contributed by atoms with E-state index in [9.17, 15) is 14.7 Å². The number of anilines is 1. The van der Waals surface area contributed by atoms with Crippen LogP contribution in [0.25, 0.3) is 0 Å². The number of carbonyl (C=O) groups is 2. The summed E-state index contributed by atoms with van der Waals surface area (Å²) in [5.41, 5.74) is -1.85. The van der Waals surface area contributed by atoms with E-state index in [1.54, 1.807) is 31.2 Å². The number of nitrogens with two attached hydrogens (primary N) is 1. The minimum absolute atomic E-state index is 0.0911. The molecule has 2 heterocycles. The zero-order chi connectivity index (χ0) is 28.7. The fourth-order valence-electron chi connectivity index (χ4n) is 8.77. The van der Waals surface area contributed by atoms with Gasteiger partial charge in [-0.05, 0) is 81.0 Å². The van der Waals surface area contributed by atoms with Gasteiger partial charge in [-0.2, -0.15) is 0 Å². The van der Waals surface area contributed by atoms with E-state index in [0.29, 0.717) is 30.7 Å². The number of rotatable bonds is 6. The molecule has 2 saturated heterocycles. The van der Waals surface area contributed by atoms with E-state index in [4.69, 9.17) is 19.9 Å². The molecule has 6 aliphatic rings. The lowest BCUT2D eigenvalue weighted by Crippen LogP contribution is -2.75. The molecule has 9 heteroatoms. The molecule has 5 fully saturated rings. The number of hydrogen-bond acceptors (Lipinski definition) is 7. The molecule has 7 nitrogen and oxygen atoms in total. The third-order valence-corrected chi connectivity index (χ3v) is 10.7. The van der Waals surface area contributed by atoms with Gasteiger partial charge in [0.25, 0.3) is 0 Å². The average Bonchev–Trinajstić information content (AvgIpc) is 3.28. The molecule has 4 bridgehead atoms. The highest BCUT2D eigenvalue weighted by Gasteiger charge is 2.99. The number of ketones is 2. The predicted molar refractivity (Wildman–Crippen MR) is 143 cm³/mol. The molecule has 1 unspecified atom stereocenters. The van der Waals surface area contributed by atoms with Gasteiger partial charge in [0.15, 0.2) is 23.5 Å². The van der Waals surface area contributed by atoms with Gasteiger partial charge in [-0.15, -0.1) is 0 Å². The molecule has 4 aliphatic carbocycles. The summed E-state index contributed by atoms with van der Waals surface area (Å²) in [5.74, 6) is -0.898. The van der Waals surface area contributed by atoms with E-state index < -0.39 is 63.9 Å². The average molecular weight is 558 g/mol. The number of hydrogen-bond donors (Lipinski definition) is 2. The Kier molecular flexibility index (Phi) is 6.15. The molecular formula is C31H37F2NO6. The van der Waals surface area contributed by atoms with Crippen LogP contribution in [0.2, 0.25) is 0 Å². The number of carbonyl (C=O) groups excluding carboxylic acids is 2. The summed E-state index contributed by atoms with van der Waals surface area (Å²) < 4.78 is 51.8. The fraction of sp³-hybridized carbons (Fsp3) is 0.613. The molecule has 216 valence electrons. The molecule has 1 aromatic carbocycles. The topological polar surface area (TPSA) is 108 Å². The van der Waals surface area contributed by atoms with E-state index in [-0.39, 0.29) is 25.2 Å². The maximum atomic E-state index is 17.7. The van der Waals surface area contributed by atoms with Crippen molar-refractivity contribution in [3.05, 3.63) is 48.6 Å². The van der Waals surface area contributed by atoms with Crippen LogP contribution in [0.15, 0.2) is 48.6 Å². The minimum atomic E-state index is -2.26. The SMILES string of the molecule is CCCC1O[C@H](C(=O)COc2ccc(N)cc2)[C@@]2(C)C[C@]3(O)[C@]4(C)C=CC(=O)C=C[C@@H](F)C[C@]5([C@@H](C[C@@H]25)O1)[C@@]43F. The number of fused-ring (bicyclic) bond motifs is 4. The Morgan fingerprint density at radius 2 is 1.93 bits per heavy atom. The van der Waals surface area contributed by atoms with Gasteiger partial charge < -0.3 is 25.1 Å². The molecule has 1 aromatic rings. The third-order valence-electron chi connectivity index (χ3n) is 10.7. The van der Waals surface area contributed by atoms with Crippen LogP contribution in [-0.2, 0) is 19.1 Å². The van der Waals surface area contributed by atoms with Crippen molar-refractivity contribution < 1.29 is 37.7 Å². The molecular weight excluding hydrogens is 520 g/mol. The normalized spacial score (nSPS) is 46.9. The summed E-state index contributed by atoms with van der Waals surface area (Å²) in [4.78, 5) is 26.2. The Bertz CT molecular complexity index is 1280. The zero-order valence-corrected chi connectivity index (χ0v) is 23.1. The molecule has 0 radical (unpaired) electrons. The van der Waals surface area contributed by atoms with E-state index in [2.05, 4.69) is 0 Å². The first-order valence-corrected chi connectivity index (χ1v) is 14.1. The Morgan fingerprint density at radius 3 is 2.62 bits per heavy atom. The van der Waals surface area contributed by atoms with Crippen molar-refractivity contribution in [2.75, 3.05) is 12.3 Å². The smallest absolute Gasteiger partial charge is 0.199 e. The van der Waals surface area contributed by atoms with E-state index in [0.717, 1.165) is 12.2 Å². The number of benzene rings is 1. The summed E-state index contributed by atoms with van der Waals surface area (Å²) in [5, 5.41) is 12.1. The first kappa shape index (κ1) is 27.5. The Hall–Kier alpha value is -2.62. The first-order valence-electron chi connectivity index (χ1n) is 14.1. The Balaban J connectivity index is 1.44. The first-order chi connectivity index (χ1) is 18.9. The van der Waals surface area contributed by atoms with Gasteiger partial charge in [-0.25, -0.2) is 8.78 Å². The van der Waals surface area contributed by atoms with Crippen molar-refractivity contribution >= 4 is 17.3 Å². The number of allylic oxidation sites excluding steroid dienone is 3. The van der Waals surface area contributed by atoms with Crippen molar-refractivity contribution in [1.29, 1.82) is 0 Å². The van der Waals surface area contributed by atoms with E-state index >= 15 is 8.78 Å². The summed E-state index contributed by atoms with van der Waals surface area (Å²) in [6, 6.07) is 6.65. The minimum Gasteiger partial charge on any atom is -0.486 e. The lowest BCUT2D eigenvalue weighted by atomic mass is 9.39. The second-order valence-electron chi connectivity index (χ2n) is 12.7. The quantitative estimate of drug-likeness (QED) is 0.499. The van der Waals surface area contributed by atoms with Crippen molar-refractivity contribution in [2.45, 2.75) is 88.8 Å². The number of Topliss-reactive ketones (excluding diaryl/α,β-unsaturated/α-hetero) is 1. The van der Waals surface area contributed by atoms with Gasteiger partial charge in [0.05, 0.1) is 11.5 Å². The number of nitrogen functional groups attached to an aromatic ring is 1. The molecule has 0 aromatic heterocycles. The Labute approximate surface area is 232 Å². The fourth-order valence-corrected chi connectivity index (χ4v) is 8.77. The van der Waals surface area contributed by atoms with Gasteiger partial charge in [0.1, 0.15) is 30.2 Å². The molecule has 0 amide bonds. The van der Waals surface area contributed by atoms with Gasteiger partial charge in [-0.3, -0.25) is 9.59 Å². The molecule has 10 atom stereocenters. The predicted octanol–water partition coefficient (Wildman–Crippen LogP) is 4.43. The molecule has 7 rings (SSSR count). The highest BCUT2D eigenvalue weighted by atomic mass is 19.1. The van der Waals surface area contributed by atoms with Crippen molar-refractivity contribution in [2.24, 2.45) is 22.2 Å². The highest BCUT2D eigenvalue weighted by Crippen LogP contribution is 2.88. The number of aliphatic hydroxyl groups is 1. The second-order valence-corrected chi connectivity index (χ2v) is 12.7. The summed E-state index contributed by atoms with van der Waals surface area (Å²) in [6.07, 6.45) is 1.90. The summed E-state index contributed by atoms with van der Waals surface area (Å²) in [7, 11) is 0. The largest absolute Gasteiger partial charge is 0.486 e. The molecule has 2 aliphatic heterocycles. The van der Waals surface area contributed by atoms with Gasteiger partial charge >= 0.3 is 0 Å². The van der Waals surface area contributed by atoms with E-state index in [1.165, 1.54) is 12.2 Å². The van der Waals surface area contributed by atoms with Crippen molar-refractivity contribution in [3.8, 4) is 5.75 Å². The van der Waals surface area contributed by atoms with Crippen molar-refractivity contribution in [1.82, 2.24) is 0 Å². The summed E-state index contributed by atoms with van der Waals surface area (Å²) in [6.45, 7) is 5.07. The standard InChI is InChI=1S/C31H37F2NO6/c1-4-5-25-39-24-14-23-27(2,26(40-25)22(36)16-38-21-10-7-19(34)8-11-21)17-30(37)28(3)13-12-20(35)9-6-18(32)15-29(23,24)31(28,30)33/h6-13,18,23-26,37H,4-5,14-17,34H2,1-3H3/t18-,23+,24-,25?,26-,27+,28+,29+,30+,31+/m1/s1. The van der Waals surface area contributed by atoms with E-state index in [1.807, 2.05) is 13.8 Å². The maximum Gasteiger partial charge on any atom is 0.199 e. The van der Waals surface area contributed by atoms with Crippen LogP contribution < -0.4 is 10.5 Å². The van der Waals surface area contributed by atoms with Gasteiger partial charge in [0.2, 0.25) is 0 Å². The molecule has 1 spiro atoms. The number of alkyl halides is 2. The van der Waals surface area contributed by atoms with Crippen LogP contribution >= 0.6 is 0 Å². The number of ether oxygens (including phenoxy) is 3. The van der Waals surface area contributed by atoms with Crippen LogP contribution in [0.3, 0.4) is 0 Å². The summed E-state index contributed by atoms with van der Waals surface area (Å²) >= 11 is 0. The number of halogens is 2. The van der Waals surface area contributed by atoms with Crippen LogP contribution in [0.4, 0.5) is 14.5 Å². The van der Waals surface area contributed by atoms with Crippen molar-refractivity contribution in [3.63, 3.8) is 0 Å². The Morgan fingerprint density at radius 1 is 1.20 bits per heavy atom. The lowest BCUT2D eigenvalue weighted by Gasteiger charge is -2.69.